The lowest BCUT2D eigenvalue weighted by Gasteiger charge is -2.25. The van der Waals surface area contributed by atoms with Gasteiger partial charge in [0.2, 0.25) is 11.8 Å². The molecule has 0 aromatic carbocycles. The van der Waals surface area contributed by atoms with E-state index >= 15 is 0 Å². The van der Waals surface area contributed by atoms with Gasteiger partial charge >= 0.3 is 0 Å². The van der Waals surface area contributed by atoms with Gasteiger partial charge in [-0.25, -0.2) is 5.48 Å². The average molecular weight is 359 g/mol. The fraction of sp³-hybridized carbons (Fsp3) is 0.895. The van der Waals surface area contributed by atoms with E-state index < -0.39 is 11.8 Å². The molecule has 0 aromatic heterocycles. The van der Waals surface area contributed by atoms with Crippen LogP contribution < -0.4 is 10.8 Å². The third-order valence-corrected chi connectivity index (χ3v) is 4.94. The number of nitrogens with one attached hydrogen (secondary N) is 2. The summed E-state index contributed by atoms with van der Waals surface area (Å²) in [6.07, 6.45) is 9.46. The van der Waals surface area contributed by atoms with Gasteiger partial charge in [0.15, 0.2) is 0 Å². The molecule has 0 aliphatic heterocycles. The van der Waals surface area contributed by atoms with E-state index in [4.69, 9.17) is 5.21 Å². The SMILES string of the molecule is CCCCCCCCC[C@H](CC(=O)NO)C(=O)N[C@H](CO)[C@@H](C)CC. The van der Waals surface area contributed by atoms with Crippen LogP contribution >= 0.6 is 0 Å². The highest BCUT2D eigenvalue weighted by Crippen LogP contribution is 2.17. The van der Waals surface area contributed by atoms with Gasteiger partial charge in [-0.15, -0.1) is 0 Å². The van der Waals surface area contributed by atoms with Gasteiger partial charge in [0, 0.05) is 12.3 Å². The van der Waals surface area contributed by atoms with Gasteiger partial charge in [-0.1, -0.05) is 72.1 Å². The van der Waals surface area contributed by atoms with E-state index in [-0.39, 0.29) is 30.9 Å². The van der Waals surface area contributed by atoms with Crippen molar-refractivity contribution in [1.82, 2.24) is 10.8 Å². The van der Waals surface area contributed by atoms with Gasteiger partial charge in [-0.2, -0.15) is 0 Å². The lowest BCUT2D eigenvalue weighted by atomic mass is 9.94. The van der Waals surface area contributed by atoms with Crippen LogP contribution in [-0.2, 0) is 9.59 Å². The molecular formula is C19H38N2O4. The molecule has 4 N–H and O–H groups in total. The van der Waals surface area contributed by atoms with Gasteiger partial charge < -0.3 is 10.4 Å². The van der Waals surface area contributed by atoms with Crippen LogP contribution in [0, 0.1) is 11.8 Å². The molecule has 0 saturated heterocycles. The first-order valence-electron chi connectivity index (χ1n) is 9.84. The van der Waals surface area contributed by atoms with Gasteiger partial charge in [0.25, 0.3) is 0 Å². The summed E-state index contributed by atoms with van der Waals surface area (Å²) >= 11 is 0. The van der Waals surface area contributed by atoms with Gasteiger partial charge in [0.1, 0.15) is 0 Å². The molecule has 0 aliphatic rings. The predicted molar refractivity (Wildman–Crippen MR) is 99.1 cm³/mol. The van der Waals surface area contributed by atoms with E-state index in [1.165, 1.54) is 25.7 Å². The lowest BCUT2D eigenvalue weighted by molar-refractivity contribution is -0.135. The maximum absolute atomic E-state index is 12.5. The Morgan fingerprint density at radius 1 is 1.00 bits per heavy atom. The fourth-order valence-electron chi connectivity index (χ4n) is 2.90. The van der Waals surface area contributed by atoms with Crippen molar-refractivity contribution >= 4 is 11.8 Å². The molecule has 0 radical (unpaired) electrons. The molecule has 0 fully saturated rings. The minimum Gasteiger partial charge on any atom is -0.394 e. The van der Waals surface area contributed by atoms with E-state index in [0.717, 1.165) is 25.7 Å². The summed E-state index contributed by atoms with van der Waals surface area (Å²) in [5, 5.41) is 21.1. The molecule has 0 bridgehead atoms. The van der Waals surface area contributed by atoms with Crippen LogP contribution in [0.15, 0.2) is 0 Å². The Balaban J connectivity index is 4.44. The summed E-state index contributed by atoms with van der Waals surface area (Å²) in [4.78, 5) is 24.0. The number of aliphatic hydroxyl groups excluding tert-OH is 1. The van der Waals surface area contributed by atoms with Gasteiger partial charge in [-0.3, -0.25) is 14.8 Å². The molecule has 6 nitrogen and oxygen atoms in total. The quantitative estimate of drug-likeness (QED) is 0.205. The second kappa shape index (κ2) is 15.1. The Kier molecular flexibility index (Phi) is 14.5. The van der Waals surface area contributed by atoms with E-state index in [2.05, 4.69) is 12.2 Å². The number of carbonyl (C=O) groups is 2. The Morgan fingerprint density at radius 3 is 2.12 bits per heavy atom. The van der Waals surface area contributed by atoms with Gasteiger partial charge in [-0.05, 0) is 12.3 Å². The standard InChI is InChI=1S/C19H38N2O4/c1-4-6-7-8-9-10-11-12-16(13-18(23)21-25)19(24)20-17(14-22)15(3)5-2/h15-17,22,25H,4-14H2,1-3H3,(H,20,24)(H,21,23)/t15-,16+,17+/m0/s1. The number of hydrogen-bond acceptors (Lipinski definition) is 4. The third-order valence-electron chi connectivity index (χ3n) is 4.94. The van der Waals surface area contributed by atoms with Crippen molar-refractivity contribution in [3.63, 3.8) is 0 Å². The van der Waals surface area contributed by atoms with E-state index in [0.29, 0.717) is 6.42 Å². The Labute approximate surface area is 152 Å². The van der Waals surface area contributed by atoms with Crippen molar-refractivity contribution in [1.29, 1.82) is 0 Å². The molecule has 0 spiro atoms. The highest BCUT2D eigenvalue weighted by atomic mass is 16.5. The van der Waals surface area contributed by atoms with Crippen LogP contribution in [0.3, 0.4) is 0 Å². The Hall–Kier alpha value is -1.14. The van der Waals surface area contributed by atoms with Crippen molar-refractivity contribution in [2.75, 3.05) is 6.61 Å². The molecule has 3 atom stereocenters. The van der Waals surface area contributed by atoms with Crippen LogP contribution in [0.5, 0.6) is 0 Å². The zero-order valence-corrected chi connectivity index (χ0v) is 16.2. The van der Waals surface area contributed by atoms with E-state index in [9.17, 15) is 14.7 Å². The van der Waals surface area contributed by atoms with Crippen LogP contribution in [0.1, 0.15) is 85.0 Å². The lowest BCUT2D eigenvalue weighted by Crippen LogP contribution is -2.45. The maximum atomic E-state index is 12.5. The number of amides is 2. The highest BCUT2D eigenvalue weighted by Gasteiger charge is 2.25. The number of hydrogen-bond donors (Lipinski definition) is 4. The summed E-state index contributed by atoms with van der Waals surface area (Å²) in [6, 6.07) is -0.300. The molecular weight excluding hydrogens is 320 g/mol. The zero-order chi connectivity index (χ0) is 19.1. The number of carbonyl (C=O) groups excluding carboxylic acids is 2. The van der Waals surface area contributed by atoms with E-state index in [1.807, 2.05) is 13.8 Å². The number of hydroxylamine groups is 1. The maximum Gasteiger partial charge on any atom is 0.244 e. The molecule has 0 rings (SSSR count). The van der Waals surface area contributed by atoms with Crippen molar-refractivity contribution in [3.05, 3.63) is 0 Å². The minimum atomic E-state index is -0.549. The van der Waals surface area contributed by atoms with E-state index in [1.54, 1.807) is 5.48 Å². The number of aliphatic hydroxyl groups is 1. The molecule has 2 amide bonds. The number of unbranched alkanes of at least 4 members (excludes halogenated alkanes) is 6. The summed E-state index contributed by atoms with van der Waals surface area (Å²) < 4.78 is 0. The van der Waals surface area contributed by atoms with Crippen molar-refractivity contribution < 1.29 is 19.9 Å². The minimum absolute atomic E-state index is 0.0309. The molecule has 148 valence electrons. The molecule has 25 heavy (non-hydrogen) atoms. The fourth-order valence-corrected chi connectivity index (χ4v) is 2.90. The third kappa shape index (κ3) is 11.2. The summed E-state index contributed by atoms with van der Waals surface area (Å²) in [5.74, 6) is -1.07. The molecule has 0 unspecified atom stereocenters. The topological polar surface area (TPSA) is 98.7 Å². The number of rotatable bonds is 15. The van der Waals surface area contributed by atoms with Crippen LogP contribution in [0.2, 0.25) is 0 Å². The first-order valence-corrected chi connectivity index (χ1v) is 9.84. The molecule has 0 aromatic rings. The molecule has 0 saturated carbocycles. The smallest absolute Gasteiger partial charge is 0.244 e. The van der Waals surface area contributed by atoms with Crippen molar-refractivity contribution in [3.8, 4) is 0 Å². The summed E-state index contributed by atoms with van der Waals surface area (Å²) in [7, 11) is 0. The van der Waals surface area contributed by atoms with Crippen molar-refractivity contribution in [2.24, 2.45) is 11.8 Å². The van der Waals surface area contributed by atoms with Crippen LogP contribution in [-0.4, -0.2) is 34.8 Å². The highest BCUT2D eigenvalue weighted by molar-refractivity contribution is 5.85. The first-order chi connectivity index (χ1) is 12.0. The second-order valence-corrected chi connectivity index (χ2v) is 7.03. The summed E-state index contributed by atoms with van der Waals surface area (Å²) in [6.45, 7) is 6.06. The van der Waals surface area contributed by atoms with Crippen LogP contribution in [0.4, 0.5) is 0 Å². The van der Waals surface area contributed by atoms with Crippen molar-refractivity contribution in [2.45, 2.75) is 91.0 Å². The second-order valence-electron chi connectivity index (χ2n) is 7.03. The Bertz CT molecular complexity index is 363. The average Bonchev–Trinajstić information content (AvgIpc) is 2.63. The first kappa shape index (κ1) is 23.9. The van der Waals surface area contributed by atoms with Gasteiger partial charge in [0.05, 0.1) is 12.6 Å². The predicted octanol–water partition coefficient (Wildman–Crippen LogP) is 3.16. The zero-order valence-electron chi connectivity index (χ0n) is 16.2. The molecule has 0 aliphatic carbocycles. The Morgan fingerprint density at radius 2 is 1.60 bits per heavy atom. The molecule has 0 heterocycles. The monoisotopic (exact) mass is 358 g/mol. The summed E-state index contributed by atoms with van der Waals surface area (Å²) in [5.41, 5.74) is 1.61. The normalized spacial score (nSPS) is 14.6. The largest absolute Gasteiger partial charge is 0.394 e. The van der Waals surface area contributed by atoms with Crippen LogP contribution in [0.25, 0.3) is 0 Å². The molecule has 6 heteroatoms.